The fourth-order valence-electron chi connectivity index (χ4n) is 2.05. The highest BCUT2D eigenvalue weighted by atomic mass is 32.2. The summed E-state index contributed by atoms with van der Waals surface area (Å²) in [5.41, 5.74) is 5.16. The number of rotatable bonds is 6. The summed E-state index contributed by atoms with van der Waals surface area (Å²) in [6, 6.07) is 3.35. The first-order valence-corrected chi connectivity index (χ1v) is 7.87. The first-order valence-electron chi connectivity index (χ1n) is 6.39. The summed E-state index contributed by atoms with van der Waals surface area (Å²) in [7, 11) is -3.82. The topological polar surface area (TPSA) is 72.2 Å². The third-order valence-corrected chi connectivity index (χ3v) is 5.28. The van der Waals surface area contributed by atoms with Gasteiger partial charge in [0.1, 0.15) is 10.7 Å². The minimum absolute atomic E-state index is 0.0473. The molecule has 3 N–H and O–H groups in total. The van der Waals surface area contributed by atoms with Crippen LogP contribution in [0.15, 0.2) is 23.1 Å². The zero-order valence-corrected chi connectivity index (χ0v) is 12.3. The van der Waals surface area contributed by atoms with E-state index in [4.69, 9.17) is 5.73 Å². The molecule has 19 heavy (non-hydrogen) atoms. The van der Waals surface area contributed by atoms with Crippen molar-refractivity contribution >= 4 is 15.7 Å². The Morgan fingerprint density at radius 1 is 1.21 bits per heavy atom. The van der Waals surface area contributed by atoms with Gasteiger partial charge in [0.25, 0.3) is 0 Å². The van der Waals surface area contributed by atoms with Crippen LogP contribution in [0, 0.1) is 5.82 Å². The normalized spacial score (nSPS) is 12.6. The maximum absolute atomic E-state index is 13.2. The summed E-state index contributed by atoms with van der Waals surface area (Å²) in [6.45, 7) is 5.76. The Balaban J connectivity index is 3.21. The maximum atomic E-state index is 13.2. The average Bonchev–Trinajstić information content (AvgIpc) is 2.39. The van der Waals surface area contributed by atoms with Crippen molar-refractivity contribution in [1.29, 1.82) is 0 Å². The van der Waals surface area contributed by atoms with Gasteiger partial charge in [0.15, 0.2) is 0 Å². The fraction of sp³-hybridized carbons (Fsp3) is 0.538. The van der Waals surface area contributed by atoms with E-state index in [0.29, 0.717) is 19.3 Å². The SMILES string of the molecule is CCC(CC)(CC)NS(=O)(=O)c1cc(F)ccc1N. The van der Waals surface area contributed by atoms with E-state index in [9.17, 15) is 12.8 Å². The van der Waals surface area contributed by atoms with Crippen LogP contribution in [0.3, 0.4) is 0 Å². The predicted octanol–water partition coefficient (Wildman–Crippen LogP) is 2.66. The molecule has 4 nitrogen and oxygen atoms in total. The molecule has 0 amide bonds. The van der Waals surface area contributed by atoms with Crippen LogP contribution in [0.4, 0.5) is 10.1 Å². The van der Waals surface area contributed by atoms with Gasteiger partial charge in [-0.25, -0.2) is 17.5 Å². The molecule has 1 aromatic rings. The number of sulfonamides is 1. The van der Waals surface area contributed by atoms with Gasteiger partial charge in [0.2, 0.25) is 10.0 Å². The Morgan fingerprint density at radius 2 is 1.74 bits per heavy atom. The van der Waals surface area contributed by atoms with Gasteiger partial charge < -0.3 is 5.73 Å². The van der Waals surface area contributed by atoms with Crippen molar-refractivity contribution in [1.82, 2.24) is 4.72 Å². The highest BCUT2D eigenvalue weighted by Crippen LogP contribution is 2.25. The Labute approximate surface area is 114 Å². The van der Waals surface area contributed by atoms with E-state index in [1.54, 1.807) is 0 Å². The van der Waals surface area contributed by atoms with Crippen LogP contribution < -0.4 is 10.5 Å². The van der Waals surface area contributed by atoms with Crippen LogP contribution in [0.5, 0.6) is 0 Å². The number of nitrogen functional groups attached to an aromatic ring is 1. The second-order valence-corrected chi connectivity index (χ2v) is 6.28. The first kappa shape index (κ1) is 15.9. The number of halogens is 1. The molecule has 0 saturated carbocycles. The van der Waals surface area contributed by atoms with Crippen molar-refractivity contribution in [2.75, 3.05) is 5.73 Å². The monoisotopic (exact) mass is 288 g/mol. The average molecular weight is 288 g/mol. The Bertz CT molecular complexity index is 531. The third-order valence-electron chi connectivity index (χ3n) is 3.65. The van der Waals surface area contributed by atoms with E-state index < -0.39 is 21.4 Å². The number of nitrogens with two attached hydrogens (primary N) is 1. The molecule has 0 heterocycles. The van der Waals surface area contributed by atoms with Gasteiger partial charge in [-0.3, -0.25) is 0 Å². The molecule has 0 aliphatic carbocycles. The van der Waals surface area contributed by atoms with Crippen LogP contribution in [-0.4, -0.2) is 14.0 Å². The zero-order valence-electron chi connectivity index (χ0n) is 11.5. The summed E-state index contributed by atoms with van der Waals surface area (Å²) < 4.78 is 40.6. The lowest BCUT2D eigenvalue weighted by Crippen LogP contribution is -2.47. The molecular formula is C13H21FN2O2S. The van der Waals surface area contributed by atoms with Gasteiger partial charge in [0.05, 0.1) is 5.69 Å². The molecule has 0 spiro atoms. The molecule has 0 saturated heterocycles. The highest BCUT2D eigenvalue weighted by molar-refractivity contribution is 7.89. The molecule has 1 aromatic carbocycles. The molecule has 0 aliphatic heterocycles. The van der Waals surface area contributed by atoms with Crippen molar-refractivity contribution < 1.29 is 12.8 Å². The molecule has 0 fully saturated rings. The lowest BCUT2D eigenvalue weighted by molar-refractivity contribution is 0.341. The number of nitrogens with one attached hydrogen (secondary N) is 1. The van der Waals surface area contributed by atoms with Crippen molar-refractivity contribution in [3.05, 3.63) is 24.0 Å². The van der Waals surface area contributed by atoms with Gasteiger partial charge in [-0.2, -0.15) is 0 Å². The lowest BCUT2D eigenvalue weighted by Gasteiger charge is -2.31. The van der Waals surface area contributed by atoms with Gasteiger partial charge in [-0.15, -0.1) is 0 Å². The predicted molar refractivity (Wildman–Crippen MR) is 74.7 cm³/mol. The molecule has 1 rings (SSSR count). The van der Waals surface area contributed by atoms with Crippen molar-refractivity contribution in [2.24, 2.45) is 0 Å². The Morgan fingerprint density at radius 3 is 2.21 bits per heavy atom. The fourth-order valence-corrected chi connectivity index (χ4v) is 3.81. The van der Waals surface area contributed by atoms with E-state index in [2.05, 4.69) is 4.72 Å². The van der Waals surface area contributed by atoms with E-state index in [-0.39, 0.29) is 10.6 Å². The molecule has 6 heteroatoms. The summed E-state index contributed by atoms with van der Waals surface area (Å²) in [5.74, 6) is -0.621. The number of anilines is 1. The van der Waals surface area contributed by atoms with Crippen LogP contribution in [0.1, 0.15) is 40.0 Å². The number of hydrogen-bond donors (Lipinski definition) is 2. The summed E-state index contributed by atoms with van der Waals surface area (Å²) in [6.07, 6.45) is 1.98. The van der Waals surface area contributed by atoms with Gasteiger partial charge in [-0.05, 0) is 37.5 Å². The minimum Gasteiger partial charge on any atom is -0.398 e. The first-order chi connectivity index (χ1) is 8.80. The van der Waals surface area contributed by atoms with Crippen LogP contribution in [0.25, 0.3) is 0 Å². The van der Waals surface area contributed by atoms with Gasteiger partial charge in [0, 0.05) is 5.54 Å². The van der Waals surface area contributed by atoms with Crippen LogP contribution >= 0.6 is 0 Å². The molecule has 0 aromatic heterocycles. The molecule has 0 atom stereocenters. The Kier molecular flexibility index (Phi) is 4.92. The van der Waals surface area contributed by atoms with E-state index in [1.165, 1.54) is 6.07 Å². The highest BCUT2D eigenvalue weighted by Gasteiger charge is 2.31. The minimum atomic E-state index is -3.82. The quantitative estimate of drug-likeness (QED) is 0.790. The summed E-state index contributed by atoms with van der Waals surface area (Å²) in [4.78, 5) is -0.202. The summed E-state index contributed by atoms with van der Waals surface area (Å²) in [5, 5.41) is 0. The lowest BCUT2D eigenvalue weighted by atomic mass is 9.91. The van der Waals surface area contributed by atoms with E-state index in [1.807, 2.05) is 20.8 Å². The number of benzene rings is 1. The molecule has 0 bridgehead atoms. The van der Waals surface area contributed by atoms with Crippen LogP contribution in [0.2, 0.25) is 0 Å². The van der Waals surface area contributed by atoms with Crippen molar-refractivity contribution in [3.8, 4) is 0 Å². The molecular weight excluding hydrogens is 267 g/mol. The van der Waals surface area contributed by atoms with Gasteiger partial charge in [-0.1, -0.05) is 20.8 Å². The van der Waals surface area contributed by atoms with Crippen LogP contribution in [-0.2, 0) is 10.0 Å². The largest absolute Gasteiger partial charge is 0.398 e. The smallest absolute Gasteiger partial charge is 0.243 e. The Hall–Kier alpha value is -1.14. The van der Waals surface area contributed by atoms with E-state index >= 15 is 0 Å². The molecule has 0 unspecified atom stereocenters. The standard InChI is InChI=1S/C13H21FN2O2S/c1-4-13(5-2,6-3)16-19(17,18)12-9-10(14)7-8-11(12)15/h7-9,16H,4-6,15H2,1-3H3. The second-order valence-electron chi connectivity index (χ2n) is 4.63. The molecule has 0 aliphatic rings. The maximum Gasteiger partial charge on any atom is 0.243 e. The van der Waals surface area contributed by atoms with Crippen molar-refractivity contribution in [3.63, 3.8) is 0 Å². The third kappa shape index (κ3) is 3.45. The number of hydrogen-bond acceptors (Lipinski definition) is 3. The molecule has 0 radical (unpaired) electrons. The van der Waals surface area contributed by atoms with Crippen molar-refractivity contribution in [2.45, 2.75) is 50.5 Å². The zero-order chi connectivity index (χ0) is 14.7. The molecule has 108 valence electrons. The second kappa shape index (κ2) is 5.88. The summed E-state index contributed by atoms with van der Waals surface area (Å²) >= 11 is 0. The van der Waals surface area contributed by atoms with E-state index in [0.717, 1.165) is 12.1 Å². The van der Waals surface area contributed by atoms with Gasteiger partial charge >= 0.3 is 0 Å².